The van der Waals surface area contributed by atoms with Crippen molar-refractivity contribution >= 4 is 29.2 Å². The smallest absolute Gasteiger partial charge is 0.254 e. The van der Waals surface area contributed by atoms with Gasteiger partial charge in [0.25, 0.3) is 5.91 Å². The van der Waals surface area contributed by atoms with E-state index in [1.54, 1.807) is 34.1 Å². The maximum atomic E-state index is 12.8. The normalized spacial score (nSPS) is 22.7. The molecule has 27 heavy (non-hydrogen) atoms. The van der Waals surface area contributed by atoms with E-state index < -0.39 is 0 Å². The van der Waals surface area contributed by atoms with Gasteiger partial charge in [-0.1, -0.05) is 0 Å². The number of benzene rings is 1. The molecule has 1 unspecified atom stereocenters. The molecule has 0 aromatic heterocycles. The molecule has 1 aliphatic heterocycles. The third-order valence-electron chi connectivity index (χ3n) is 5.25. The second-order valence-electron chi connectivity index (χ2n) is 7.37. The highest BCUT2D eigenvalue weighted by molar-refractivity contribution is 5.96. The van der Waals surface area contributed by atoms with Gasteiger partial charge in [0.1, 0.15) is 5.78 Å². The fourth-order valence-corrected chi connectivity index (χ4v) is 3.81. The lowest BCUT2D eigenvalue weighted by Crippen LogP contribution is -2.56. The molecule has 7 heteroatoms. The first-order valence-electron chi connectivity index (χ1n) is 9.34. The maximum Gasteiger partial charge on any atom is 0.254 e. The molecular formula is C20H25N3O4. The number of hydrogen-bond acceptors (Lipinski definition) is 4. The maximum absolute atomic E-state index is 12.8. The largest absolute Gasteiger partial charge is 0.339 e. The summed E-state index contributed by atoms with van der Waals surface area (Å²) >= 11 is 0. The molecule has 0 radical (unpaired) electrons. The van der Waals surface area contributed by atoms with E-state index in [1.807, 2.05) is 6.92 Å². The monoisotopic (exact) mass is 371 g/mol. The lowest BCUT2D eigenvalue weighted by molar-refractivity contribution is -0.138. The molecule has 3 rings (SSSR count). The quantitative estimate of drug-likeness (QED) is 0.876. The van der Waals surface area contributed by atoms with Crippen LogP contribution >= 0.6 is 0 Å². The lowest BCUT2D eigenvalue weighted by atomic mass is 10.0. The number of hydrogen-bond donors (Lipinski definition) is 1. The SMILES string of the molecule is CC(=O)Nc1ccc(C(=O)N2CCN(C(=O)C3CCC(=O)C3)C[C@H]2C)cc1. The molecule has 144 valence electrons. The second-order valence-corrected chi connectivity index (χ2v) is 7.37. The number of rotatable bonds is 3. The van der Waals surface area contributed by atoms with Crippen molar-refractivity contribution < 1.29 is 19.2 Å². The van der Waals surface area contributed by atoms with Gasteiger partial charge in [-0.15, -0.1) is 0 Å². The number of ketones is 1. The van der Waals surface area contributed by atoms with Crippen LogP contribution in [0.3, 0.4) is 0 Å². The number of Topliss-reactive ketones (excluding diaryl/α,β-unsaturated/α-hetero) is 1. The Labute approximate surface area is 158 Å². The highest BCUT2D eigenvalue weighted by atomic mass is 16.2. The fourth-order valence-electron chi connectivity index (χ4n) is 3.81. The highest BCUT2D eigenvalue weighted by Gasteiger charge is 2.35. The molecule has 7 nitrogen and oxygen atoms in total. The molecule has 0 spiro atoms. The number of carbonyl (C=O) groups is 4. The van der Waals surface area contributed by atoms with Gasteiger partial charge in [-0.2, -0.15) is 0 Å². The molecule has 3 amide bonds. The zero-order valence-electron chi connectivity index (χ0n) is 15.7. The van der Waals surface area contributed by atoms with Crippen LogP contribution in [0.15, 0.2) is 24.3 Å². The molecule has 2 aliphatic rings. The average molecular weight is 371 g/mol. The van der Waals surface area contributed by atoms with E-state index in [0.717, 1.165) is 0 Å². The van der Waals surface area contributed by atoms with Gasteiger partial charge in [0.05, 0.1) is 0 Å². The molecule has 2 fully saturated rings. The van der Waals surface area contributed by atoms with Gasteiger partial charge in [-0.25, -0.2) is 0 Å². The molecule has 1 aliphatic carbocycles. The van der Waals surface area contributed by atoms with Gasteiger partial charge in [0.2, 0.25) is 11.8 Å². The first-order valence-corrected chi connectivity index (χ1v) is 9.34. The predicted molar refractivity (Wildman–Crippen MR) is 100 cm³/mol. The van der Waals surface area contributed by atoms with Crippen LogP contribution in [-0.4, -0.2) is 59.0 Å². The lowest BCUT2D eigenvalue weighted by Gasteiger charge is -2.40. The van der Waals surface area contributed by atoms with Gasteiger partial charge in [0.15, 0.2) is 0 Å². The van der Waals surface area contributed by atoms with Crippen molar-refractivity contribution in [3.05, 3.63) is 29.8 Å². The summed E-state index contributed by atoms with van der Waals surface area (Å²) in [5.74, 6) is -0.224. The van der Waals surface area contributed by atoms with Gasteiger partial charge in [-0.3, -0.25) is 19.2 Å². The van der Waals surface area contributed by atoms with Crippen LogP contribution in [0.1, 0.15) is 43.5 Å². The van der Waals surface area contributed by atoms with Crippen LogP contribution in [0, 0.1) is 5.92 Å². The summed E-state index contributed by atoms with van der Waals surface area (Å²) in [4.78, 5) is 51.5. The Morgan fingerprint density at radius 3 is 2.37 bits per heavy atom. The third-order valence-corrected chi connectivity index (χ3v) is 5.25. The topological polar surface area (TPSA) is 86.8 Å². The Kier molecular flexibility index (Phi) is 5.58. The summed E-state index contributed by atoms with van der Waals surface area (Å²) in [7, 11) is 0. The van der Waals surface area contributed by atoms with Crippen molar-refractivity contribution in [2.75, 3.05) is 25.0 Å². The highest BCUT2D eigenvalue weighted by Crippen LogP contribution is 2.25. The van der Waals surface area contributed by atoms with Crippen LogP contribution in [0.4, 0.5) is 5.69 Å². The van der Waals surface area contributed by atoms with E-state index in [2.05, 4.69) is 5.32 Å². The summed E-state index contributed by atoms with van der Waals surface area (Å²) in [6.07, 6.45) is 1.50. The second kappa shape index (κ2) is 7.90. The van der Waals surface area contributed by atoms with Gasteiger partial charge < -0.3 is 15.1 Å². The number of anilines is 1. The van der Waals surface area contributed by atoms with E-state index in [-0.39, 0.29) is 35.5 Å². The minimum absolute atomic E-state index is 0.0412. The summed E-state index contributed by atoms with van der Waals surface area (Å²) in [6.45, 7) is 4.81. The summed E-state index contributed by atoms with van der Waals surface area (Å²) < 4.78 is 0. The van der Waals surface area contributed by atoms with Crippen LogP contribution in [0.2, 0.25) is 0 Å². The first kappa shape index (κ1) is 19.1. The summed E-state index contributed by atoms with van der Waals surface area (Å²) in [6, 6.07) is 6.71. The van der Waals surface area contributed by atoms with E-state index >= 15 is 0 Å². The Morgan fingerprint density at radius 2 is 1.81 bits per heavy atom. The van der Waals surface area contributed by atoms with Crippen molar-refractivity contribution in [3.8, 4) is 0 Å². The molecule has 1 heterocycles. The first-order chi connectivity index (χ1) is 12.8. The molecule has 1 aromatic rings. The van der Waals surface area contributed by atoms with Crippen LogP contribution < -0.4 is 5.32 Å². The van der Waals surface area contributed by atoms with Crippen LogP contribution in [-0.2, 0) is 14.4 Å². The van der Waals surface area contributed by atoms with Crippen LogP contribution in [0.25, 0.3) is 0 Å². The van der Waals surface area contributed by atoms with E-state index in [9.17, 15) is 19.2 Å². The number of nitrogens with zero attached hydrogens (tertiary/aromatic N) is 2. The Morgan fingerprint density at radius 1 is 1.11 bits per heavy atom. The van der Waals surface area contributed by atoms with Gasteiger partial charge in [0, 0.05) is 62.6 Å². The summed E-state index contributed by atoms with van der Waals surface area (Å²) in [5, 5.41) is 2.68. The fraction of sp³-hybridized carbons (Fsp3) is 0.500. The van der Waals surface area contributed by atoms with Crippen molar-refractivity contribution in [3.63, 3.8) is 0 Å². The molecule has 1 saturated carbocycles. The van der Waals surface area contributed by atoms with Crippen molar-refractivity contribution in [2.24, 2.45) is 5.92 Å². The molecule has 0 bridgehead atoms. The van der Waals surface area contributed by atoms with E-state index in [0.29, 0.717) is 50.1 Å². The zero-order valence-corrected chi connectivity index (χ0v) is 15.7. The molecule has 2 atom stereocenters. The van der Waals surface area contributed by atoms with Crippen molar-refractivity contribution in [2.45, 2.75) is 39.2 Å². The number of carbonyl (C=O) groups excluding carboxylic acids is 4. The van der Waals surface area contributed by atoms with Gasteiger partial charge >= 0.3 is 0 Å². The molecule has 1 saturated heterocycles. The van der Waals surface area contributed by atoms with E-state index in [4.69, 9.17) is 0 Å². The van der Waals surface area contributed by atoms with E-state index in [1.165, 1.54) is 6.92 Å². The minimum atomic E-state index is -0.187. The predicted octanol–water partition coefficient (Wildman–Crippen LogP) is 1.69. The number of nitrogens with one attached hydrogen (secondary N) is 1. The Hall–Kier alpha value is -2.70. The molecule has 1 aromatic carbocycles. The number of piperazine rings is 1. The number of amides is 3. The van der Waals surface area contributed by atoms with Gasteiger partial charge in [-0.05, 0) is 37.6 Å². The third kappa shape index (κ3) is 4.35. The van der Waals surface area contributed by atoms with Crippen molar-refractivity contribution in [1.82, 2.24) is 9.80 Å². The Balaban J connectivity index is 1.60. The summed E-state index contributed by atoms with van der Waals surface area (Å²) in [5.41, 5.74) is 1.20. The standard InChI is InChI=1S/C20H25N3O4/c1-13-12-22(19(26)16-5-8-18(25)11-16)9-10-23(13)20(27)15-3-6-17(7-4-15)21-14(2)24/h3-4,6-7,13,16H,5,8-12H2,1-2H3,(H,21,24)/t13-,16?/m1/s1. The molecule has 1 N–H and O–H groups in total. The van der Waals surface area contributed by atoms with Crippen molar-refractivity contribution in [1.29, 1.82) is 0 Å². The zero-order chi connectivity index (χ0) is 19.6. The molecular weight excluding hydrogens is 346 g/mol. The average Bonchev–Trinajstić information content (AvgIpc) is 3.07. The Bertz CT molecular complexity index is 759. The minimum Gasteiger partial charge on any atom is -0.339 e. The van der Waals surface area contributed by atoms with Crippen LogP contribution in [0.5, 0.6) is 0 Å².